The number of halogens is 1. The van der Waals surface area contributed by atoms with E-state index in [1.54, 1.807) is 135 Å². The minimum atomic E-state index is -0.486. The summed E-state index contributed by atoms with van der Waals surface area (Å²) in [6.07, 6.45) is 61.1. The second kappa shape index (κ2) is 41.6. The van der Waals surface area contributed by atoms with Gasteiger partial charge in [-0.25, -0.2) is 4.39 Å². The number of fused-ring (bicyclic) bond motifs is 21. The molecule has 0 heterocycles. The molecule has 0 spiro atoms. The Balaban J connectivity index is 0.000000107. The second-order valence-corrected chi connectivity index (χ2v) is 51.1. The molecule has 32 saturated carbocycles. The molecule has 32 aliphatic rings. The van der Waals surface area contributed by atoms with Crippen molar-refractivity contribution in [3.8, 4) is 6.07 Å². The van der Waals surface area contributed by atoms with Crippen molar-refractivity contribution in [2.45, 2.75) is 435 Å². The van der Waals surface area contributed by atoms with Gasteiger partial charge in [0.25, 0.3) is 0 Å². The fourth-order valence-electron chi connectivity index (χ4n) is 36.1. The van der Waals surface area contributed by atoms with E-state index in [1.807, 2.05) is 20.8 Å². The SMILES string of the molecule is CC12CC3C4CC5CC3C(C1)C(C5)C4C2.CC1CC(=O)C1.CC1CC(C#N)C1.CC1CC(O)C1.CC1CC1O.CC1CC2CC1C1C3CC(C4C5CCC(C5)C34)C21.CC1CC2CCC1C1C3CCC(C4C5CCC(CC5)C34)C21.CC1CCC(=O)C1.CC1CCC(O)C1.CC1CCCC1F.CC1CCCC1O.CC1CCCC1[N+](=O)[O-].CC1CCCCC1O. The van der Waals surface area contributed by atoms with Gasteiger partial charge in [0.1, 0.15) is 17.7 Å². The highest BCUT2D eigenvalue weighted by Gasteiger charge is 2.72. The maximum Gasteiger partial charge on any atom is 0.215 e. The molecule has 20 bridgehead atoms. The van der Waals surface area contributed by atoms with Crippen LogP contribution in [0.4, 0.5) is 4.39 Å². The minimum Gasteiger partial charge on any atom is -0.393 e. The number of nitriles is 1. The average Bonchev–Trinajstić information content (AvgIpc) is 1.66. The van der Waals surface area contributed by atoms with Crippen LogP contribution in [0.25, 0.3) is 0 Å². The Morgan fingerprint density at radius 1 is 0.333 bits per heavy atom. The Morgan fingerprint density at radius 3 is 1.11 bits per heavy atom. The lowest BCUT2D eigenvalue weighted by atomic mass is 9.33. The Kier molecular flexibility index (Phi) is 32.3. The number of nitrogens with zero attached hydrogens (tertiary/aromatic N) is 2. The molecule has 5 N–H and O–H groups in total. The summed E-state index contributed by atoms with van der Waals surface area (Å²) in [5, 5.41) is 62.6. The first-order valence-electron chi connectivity index (χ1n) is 54.4. The monoisotopic (exact) mass is 1710 g/mol. The molecule has 11 nitrogen and oxygen atoms in total. The van der Waals surface area contributed by atoms with Gasteiger partial charge in [-0.2, -0.15) is 5.26 Å². The molecule has 0 radical (unpaired) electrons. The minimum absolute atomic E-state index is 0.00347. The third-order valence-corrected chi connectivity index (χ3v) is 42.3. The summed E-state index contributed by atoms with van der Waals surface area (Å²) < 4.78 is 12.3. The van der Waals surface area contributed by atoms with Crippen LogP contribution in [0.5, 0.6) is 0 Å². The van der Waals surface area contributed by atoms with Crippen molar-refractivity contribution in [1.29, 1.82) is 5.26 Å². The molecule has 700 valence electrons. The molecule has 123 heavy (non-hydrogen) atoms. The van der Waals surface area contributed by atoms with Gasteiger partial charge in [-0.05, 0) is 474 Å². The van der Waals surface area contributed by atoms with Crippen LogP contribution < -0.4 is 0 Å². The van der Waals surface area contributed by atoms with Crippen molar-refractivity contribution < 1.29 is 44.4 Å². The molecule has 33 unspecified atom stereocenters. The summed E-state index contributed by atoms with van der Waals surface area (Å²) in [6.45, 7) is 28.8. The van der Waals surface area contributed by atoms with Gasteiger partial charge in [-0.1, -0.05) is 116 Å². The summed E-state index contributed by atoms with van der Waals surface area (Å²) in [6, 6.07) is 1.99. The van der Waals surface area contributed by atoms with Crippen LogP contribution in [0, 0.1) is 264 Å². The third kappa shape index (κ3) is 21.8. The van der Waals surface area contributed by atoms with Gasteiger partial charge in [0.2, 0.25) is 6.04 Å². The van der Waals surface area contributed by atoms with Crippen LogP contribution in [0.1, 0.15) is 392 Å². The number of alkyl halides is 1. The lowest BCUT2D eigenvalue weighted by Gasteiger charge is -2.72. The number of aliphatic hydroxyl groups excluding tert-OH is 5. The fraction of sp³-hybridized carbons (Fsp3) is 0.973. The van der Waals surface area contributed by atoms with E-state index in [-0.39, 0.29) is 41.5 Å². The van der Waals surface area contributed by atoms with E-state index in [0.717, 1.165) is 175 Å². The first-order chi connectivity index (χ1) is 58.8. The number of hydrogen-bond acceptors (Lipinski definition) is 10. The molecule has 12 heteroatoms. The van der Waals surface area contributed by atoms with Crippen molar-refractivity contribution in [2.75, 3.05) is 0 Å². The van der Waals surface area contributed by atoms with E-state index < -0.39 is 6.17 Å². The van der Waals surface area contributed by atoms with Gasteiger partial charge in [0.05, 0.1) is 36.6 Å². The van der Waals surface area contributed by atoms with E-state index in [2.05, 4.69) is 75.3 Å². The van der Waals surface area contributed by atoms with E-state index in [0.29, 0.717) is 58.9 Å². The summed E-state index contributed by atoms with van der Waals surface area (Å²) in [4.78, 5) is 30.6. The van der Waals surface area contributed by atoms with Crippen molar-refractivity contribution >= 4 is 11.6 Å². The number of carbonyl (C=O) groups excluding carboxylic acids is 2. The normalized spacial score (nSPS) is 52.9. The number of carbonyl (C=O) groups is 2. The zero-order chi connectivity index (χ0) is 87.3. The summed E-state index contributed by atoms with van der Waals surface area (Å²) >= 11 is 0. The Bertz CT molecular complexity index is 3280. The second-order valence-electron chi connectivity index (χ2n) is 51.1. The number of hydrogen-bond donors (Lipinski definition) is 5. The maximum atomic E-state index is 12.3. The maximum absolute atomic E-state index is 12.3. The first kappa shape index (κ1) is 95.6. The number of ketones is 2. The van der Waals surface area contributed by atoms with Crippen molar-refractivity contribution in [3.63, 3.8) is 0 Å². The zero-order valence-electron chi connectivity index (χ0n) is 80.5. The number of Topliss-reactive ketones (excluding diaryl/α,β-unsaturated/α-hetero) is 2. The molecule has 0 aliphatic heterocycles. The molecular formula is C111H185FN2O9. The number of rotatable bonds is 1. The Morgan fingerprint density at radius 2 is 0.764 bits per heavy atom. The van der Waals surface area contributed by atoms with E-state index >= 15 is 0 Å². The third-order valence-electron chi connectivity index (χ3n) is 42.3. The van der Waals surface area contributed by atoms with Crippen LogP contribution >= 0.6 is 0 Å². The number of nitro groups is 1. The highest BCUT2D eigenvalue weighted by atomic mass is 19.1. The van der Waals surface area contributed by atoms with Crippen molar-refractivity contribution in [2.24, 2.45) is 242 Å². The predicted octanol–water partition coefficient (Wildman–Crippen LogP) is 25.9. The molecule has 0 aromatic rings. The van der Waals surface area contributed by atoms with Crippen LogP contribution in [0.2, 0.25) is 0 Å². The van der Waals surface area contributed by atoms with Crippen LogP contribution in [-0.4, -0.2) is 84.8 Å². The summed E-state index contributed by atoms with van der Waals surface area (Å²) in [7, 11) is 0. The zero-order valence-corrected chi connectivity index (χ0v) is 80.5. The van der Waals surface area contributed by atoms with Crippen LogP contribution in [-0.2, 0) is 9.59 Å². The smallest absolute Gasteiger partial charge is 0.215 e. The van der Waals surface area contributed by atoms with E-state index in [9.17, 15) is 29.2 Å². The lowest BCUT2D eigenvalue weighted by Crippen LogP contribution is -2.64. The van der Waals surface area contributed by atoms with Gasteiger partial charge in [0, 0.05) is 48.9 Å². The highest BCUT2D eigenvalue weighted by Crippen LogP contribution is 2.79. The van der Waals surface area contributed by atoms with Gasteiger partial charge < -0.3 is 25.5 Å². The molecule has 0 saturated heterocycles. The standard InChI is InChI=1S/C21H32.C18H26.C15H22.C7H14O.C6H11F.C6H11NO2.C6H9N.C6H12O.C6H10O.C6H12O.C5H10O.C5H8O.C4H8O/c1-11-10-14-6-7-15(11)21-17-9-8-16(20(14)21)18-12-2-4-13(5-3-12)19(17)18;1-8-4-11-6-12(8)18-14-7-13(17(11)18)15-9-2-3-10(5-9)16(14)15;1-15-5-12-9-2-8-3-10(12)14(7-15)11(4-8)13(9)6-15;1-6-4-2-3-5-7(6)8;1-5-3-2-4-6(5)7;1-5-3-2-4-6(5)7(8)9;1-5-2-6(3-5)4-7;2*1-5-2-3-6(7)4-5;1-5-3-2-4-6(5)7;2*1-4-2-5(6)3-4;1-3-2-4(3)5/h11-21H,2-10H2,1H3;8-18H,2-7H2,1H3;8-14H,2-7H2,1H3;6-8H,2-5H2,1H3;5-6H,2-4H2,1H3;5-6H,2-4H2,1H3;5-6H,2-3H2,1H3;5-7H,2-4H2,1H3;5H,2-4H2,1H3;5-7H,2-4H2,1H3;4-6H,2-3H2,1H3;4H,2-3H2,1H3;3-5H,2H2,1H3. The largest absolute Gasteiger partial charge is 0.393 e. The average molecular weight is 1710 g/mol. The molecule has 32 fully saturated rings. The van der Waals surface area contributed by atoms with Crippen LogP contribution in [0.15, 0.2) is 0 Å². The quantitative estimate of drug-likeness (QED) is 0.0955. The van der Waals surface area contributed by atoms with Gasteiger partial charge in [0.15, 0.2) is 0 Å². The highest BCUT2D eigenvalue weighted by molar-refractivity contribution is 5.84. The summed E-state index contributed by atoms with van der Waals surface area (Å²) in [5.41, 5.74) is 0.799. The number of aliphatic hydroxyl groups is 5. The molecule has 32 rings (SSSR count). The van der Waals surface area contributed by atoms with Gasteiger partial charge in [-0.3, -0.25) is 19.7 Å². The molecule has 32 aliphatic carbocycles. The molecule has 0 aromatic carbocycles. The Labute approximate surface area is 749 Å². The molecule has 33 atom stereocenters. The van der Waals surface area contributed by atoms with Gasteiger partial charge in [-0.15, -0.1) is 0 Å². The molecular weight excluding hydrogens is 1520 g/mol. The van der Waals surface area contributed by atoms with E-state index in [4.69, 9.17) is 25.7 Å². The predicted molar refractivity (Wildman–Crippen MR) is 494 cm³/mol. The Hall–Kier alpha value is -2.04. The topological polar surface area (TPSA) is 202 Å². The van der Waals surface area contributed by atoms with Crippen molar-refractivity contribution in [3.05, 3.63) is 10.1 Å². The molecule has 0 amide bonds. The fourth-order valence-corrected chi connectivity index (χ4v) is 36.1. The summed E-state index contributed by atoms with van der Waals surface area (Å²) in [5.74, 6) is 42.0. The lowest BCUT2D eigenvalue weighted by molar-refractivity contribution is -0.527. The van der Waals surface area contributed by atoms with Crippen LogP contribution in [0.3, 0.4) is 0 Å². The first-order valence-corrected chi connectivity index (χ1v) is 54.4. The molecule has 0 aromatic heterocycles. The van der Waals surface area contributed by atoms with Gasteiger partial charge >= 0.3 is 0 Å². The van der Waals surface area contributed by atoms with E-state index in [1.165, 1.54) is 186 Å². The van der Waals surface area contributed by atoms with Crippen molar-refractivity contribution in [1.82, 2.24) is 0 Å².